The lowest BCUT2D eigenvalue weighted by Gasteiger charge is -2.11. The van der Waals surface area contributed by atoms with Crippen LogP contribution in [0.3, 0.4) is 0 Å². The summed E-state index contributed by atoms with van der Waals surface area (Å²) < 4.78 is 74.1. The van der Waals surface area contributed by atoms with E-state index in [-0.39, 0.29) is 6.07 Å². The number of rotatable bonds is 2. The van der Waals surface area contributed by atoms with Gasteiger partial charge in [0, 0.05) is 11.1 Å². The Labute approximate surface area is 91.0 Å². The molecule has 0 aliphatic heterocycles. The molecule has 0 N–H and O–H groups in total. The van der Waals surface area contributed by atoms with E-state index in [9.17, 15) is 26.3 Å². The molecule has 0 unspecified atom stereocenters. The molecule has 16 heavy (non-hydrogen) atoms. The monoisotopic (exact) mass is 263 g/mol. The summed E-state index contributed by atoms with van der Waals surface area (Å²) >= 11 is 5.15. The van der Waals surface area contributed by atoms with E-state index < -0.39 is 41.3 Å². The number of halogens is 7. The van der Waals surface area contributed by atoms with Gasteiger partial charge in [-0.1, -0.05) is 0 Å². The van der Waals surface area contributed by atoms with Crippen LogP contribution in [0.15, 0.2) is 6.07 Å². The normalized spacial score (nSPS) is 12.2. The van der Waals surface area contributed by atoms with Gasteiger partial charge in [0.1, 0.15) is 5.69 Å². The summed E-state index contributed by atoms with van der Waals surface area (Å²) in [6.07, 6.45) is -8.22. The van der Waals surface area contributed by atoms with E-state index in [1.165, 1.54) is 0 Å². The van der Waals surface area contributed by atoms with Gasteiger partial charge in [0.05, 0.1) is 5.88 Å². The molecule has 8 heteroatoms. The second-order valence-electron chi connectivity index (χ2n) is 2.80. The lowest BCUT2D eigenvalue weighted by Crippen LogP contribution is -2.12. The molecule has 0 bridgehead atoms. The maximum absolute atomic E-state index is 13.0. The third-order valence-electron chi connectivity index (χ3n) is 1.77. The third kappa shape index (κ3) is 2.58. The molecule has 0 aromatic carbocycles. The van der Waals surface area contributed by atoms with E-state index in [1.54, 1.807) is 0 Å². The Hall–Kier alpha value is -0.980. The summed E-state index contributed by atoms with van der Waals surface area (Å²) in [7, 11) is 0. The molecule has 1 nitrogen and oxygen atoms in total. The van der Waals surface area contributed by atoms with E-state index in [4.69, 9.17) is 11.6 Å². The Balaban J connectivity index is 3.40. The fourth-order valence-electron chi connectivity index (χ4n) is 1.03. The highest BCUT2D eigenvalue weighted by molar-refractivity contribution is 6.17. The van der Waals surface area contributed by atoms with E-state index in [2.05, 4.69) is 4.98 Å². The van der Waals surface area contributed by atoms with Crippen molar-refractivity contribution in [2.45, 2.75) is 18.5 Å². The van der Waals surface area contributed by atoms with E-state index in [1.807, 2.05) is 0 Å². The molecule has 0 radical (unpaired) electrons. The number of pyridine rings is 1. The number of aromatic nitrogens is 1. The van der Waals surface area contributed by atoms with Gasteiger partial charge in [-0.2, -0.15) is 17.6 Å². The van der Waals surface area contributed by atoms with Crippen LogP contribution >= 0.6 is 11.6 Å². The van der Waals surface area contributed by atoms with Crippen molar-refractivity contribution in [2.24, 2.45) is 0 Å². The average molecular weight is 264 g/mol. The maximum atomic E-state index is 13.0. The smallest absolute Gasteiger partial charge is 0.215 e. The number of hydrogen-bond donors (Lipinski definition) is 0. The molecule has 1 rings (SSSR count). The van der Waals surface area contributed by atoms with Gasteiger partial charge in [-0.15, -0.1) is 11.6 Å². The highest BCUT2D eigenvalue weighted by Gasteiger charge is 2.35. The molecular formula is C8H4ClF6N. The fraction of sp³-hybridized carbons (Fsp3) is 0.375. The number of hydrogen-bond acceptors (Lipinski definition) is 1. The topological polar surface area (TPSA) is 12.9 Å². The molecule has 0 saturated heterocycles. The molecule has 0 atom stereocenters. The average Bonchev–Trinajstić information content (AvgIpc) is 2.14. The van der Waals surface area contributed by atoms with E-state index >= 15 is 0 Å². The van der Waals surface area contributed by atoms with Crippen molar-refractivity contribution in [1.29, 1.82) is 0 Å². The first-order valence-corrected chi connectivity index (χ1v) is 4.41. The minimum absolute atomic E-state index is 0.103. The highest BCUT2D eigenvalue weighted by atomic mass is 35.5. The summed E-state index contributed by atoms with van der Waals surface area (Å²) in [4.78, 5) is 2.55. The van der Waals surface area contributed by atoms with Crippen LogP contribution in [0.1, 0.15) is 23.2 Å². The minimum Gasteiger partial charge on any atom is -0.215 e. The SMILES string of the molecule is Fc1nc(C(F)(F)F)cc(C(F)F)c1CCl. The molecule has 0 saturated carbocycles. The van der Waals surface area contributed by atoms with Gasteiger partial charge < -0.3 is 0 Å². The van der Waals surface area contributed by atoms with E-state index in [0.717, 1.165) is 0 Å². The van der Waals surface area contributed by atoms with Crippen molar-refractivity contribution in [3.05, 3.63) is 28.8 Å². The molecule has 0 aliphatic rings. The molecule has 1 heterocycles. The lowest BCUT2D eigenvalue weighted by atomic mass is 10.1. The van der Waals surface area contributed by atoms with Crippen molar-refractivity contribution < 1.29 is 26.3 Å². The zero-order valence-electron chi connectivity index (χ0n) is 7.45. The first-order chi connectivity index (χ1) is 7.27. The quantitative estimate of drug-likeness (QED) is 0.448. The van der Waals surface area contributed by atoms with Crippen molar-refractivity contribution in [3.8, 4) is 0 Å². The fourth-order valence-corrected chi connectivity index (χ4v) is 1.30. The Morgan fingerprint density at radius 3 is 2.25 bits per heavy atom. The molecule has 1 aromatic rings. The van der Waals surface area contributed by atoms with Crippen molar-refractivity contribution >= 4 is 11.6 Å². The zero-order valence-corrected chi connectivity index (χ0v) is 8.21. The zero-order chi connectivity index (χ0) is 12.5. The minimum atomic E-state index is -4.98. The Bertz CT molecular complexity index is 389. The van der Waals surface area contributed by atoms with Crippen molar-refractivity contribution in [3.63, 3.8) is 0 Å². The largest absolute Gasteiger partial charge is 0.433 e. The summed E-state index contributed by atoms with van der Waals surface area (Å²) in [5, 5.41) is 0. The van der Waals surface area contributed by atoms with Gasteiger partial charge in [0.25, 0.3) is 6.43 Å². The number of nitrogens with zero attached hydrogens (tertiary/aromatic N) is 1. The predicted molar refractivity (Wildman–Crippen MR) is 43.7 cm³/mol. The van der Waals surface area contributed by atoms with Crippen LogP contribution in [0.5, 0.6) is 0 Å². The first-order valence-electron chi connectivity index (χ1n) is 3.88. The third-order valence-corrected chi connectivity index (χ3v) is 2.03. The maximum Gasteiger partial charge on any atom is 0.433 e. The van der Waals surface area contributed by atoms with Crippen LogP contribution in [0.25, 0.3) is 0 Å². The van der Waals surface area contributed by atoms with Crippen LogP contribution in [-0.4, -0.2) is 4.98 Å². The van der Waals surface area contributed by atoms with Crippen molar-refractivity contribution in [2.75, 3.05) is 0 Å². The molecule has 1 aromatic heterocycles. The summed E-state index contributed by atoms with van der Waals surface area (Å²) in [5.74, 6) is -2.29. The summed E-state index contributed by atoms with van der Waals surface area (Å²) in [5.41, 5.74) is -3.51. The van der Waals surface area contributed by atoms with Gasteiger partial charge in [-0.25, -0.2) is 13.8 Å². The van der Waals surface area contributed by atoms with Crippen LogP contribution in [0, 0.1) is 5.95 Å². The highest BCUT2D eigenvalue weighted by Crippen LogP contribution is 2.33. The molecule has 90 valence electrons. The summed E-state index contributed by atoms with van der Waals surface area (Å²) in [6.45, 7) is 0. The van der Waals surface area contributed by atoms with Crippen LogP contribution < -0.4 is 0 Å². The molecular weight excluding hydrogens is 260 g/mol. The Kier molecular flexibility index (Phi) is 3.67. The Morgan fingerprint density at radius 1 is 1.31 bits per heavy atom. The lowest BCUT2D eigenvalue weighted by molar-refractivity contribution is -0.141. The van der Waals surface area contributed by atoms with Gasteiger partial charge in [0.15, 0.2) is 0 Å². The van der Waals surface area contributed by atoms with Crippen molar-refractivity contribution in [1.82, 2.24) is 4.98 Å². The van der Waals surface area contributed by atoms with E-state index in [0.29, 0.717) is 0 Å². The predicted octanol–water partition coefficient (Wildman–Crippen LogP) is 3.92. The second kappa shape index (κ2) is 4.48. The standard InChI is InChI=1S/C8H4ClF6N/c9-2-4-3(6(10)11)1-5(8(13,14)15)16-7(4)12/h1,6H,2H2. The van der Waals surface area contributed by atoms with Crippen LogP contribution in [0.2, 0.25) is 0 Å². The van der Waals surface area contributed by atoms with Gasteiger partial charge in [-0.05, 0) is 6.07 Å². The first kappa shape index (κ1) is 13.1. The van der Waals surface area contributed by atoms with Gasteiger partial charge in [0.2, 0.25) is 5.95 Å². The second-order valence-corrected chi connectivity index (χ2v) is 3.07. The summed E-state index contributed by atoms with van der Waals surface area (Å²) in [6, 6.07) is 0.103. The van der Waals surface area contributed by atoms with Crippen LogP contribution in [-0.2, 0) is 12.1 Å². The van der Waals surface area contributed by atoms with Gasteiger partial charge in [-0.3, -0.25) is 0 Å². The Morgan fingerprint density at radius 2 is 1.88 bits per heavy atom. The number of alkyl halides is 6. The van der Waals surface area contributed by atoms with Gasteiger partial charge >= 0.3 is 6.18 Å². The molecule has 0 spiro atoms. The van der Waals surface area contributed by atoms with Crippen LogP contribution in [0.4, 0.5) is 26.3 Å². The molecule has 0 amide bonds. The molecule has 0 fully saturated rings. The molecule has 0 aliphatic carbocycles.